The number of rotatable bonds is 10. The van der Waals surface area contributed by atoms with Gasteiger partial charge in [0.05, 0.1) is 19.8 Å². The molecule has 3 heteroatoms. The van der Waals surface area contributed by atoms with Gasteiger partial charge in [0, 0.05) is 13.2 Å². The fourth-order valence-corrected chi connectivity index (χ4v) is 0.947. The molecule has 3 nitrogen and oxygen atoms in total. The SMILES string of the molecule is CCCCOCCOCCN(C)CC. The van der Waals surface area contributed by atoms with Crippen molar-refractivity contribution in [3.8, 4) is 0 Å². The molecular weight excluding hydrogens is 178 g/mol. The largest absolute Gasteiger partial charge is 0.379 e. The van der Waals surface area contributed by atoms with E-state index in [0.29, 0.717) is 0 Å². The van der Waals surface area contributed by atoms with Gasteiger partial charge in [-0.15, -0.1) is 0 Å². The maximum Gasteiger partial charge on any atom is 0.0701 e. The molecule has 0 saturated heterocycles. The fraction of sp³-hybridized carbons (Fsp3) is 1.00. The lowest BCUT2D eigenvalue weighted by molar-refractivity contribution is 0.0404. The van der Waals surface area contributed by atoms with Crippen molar-refractivity contribution in [3.63, 3.8) is 0 Å². The summed E-state index contributed by atoms with van der Waals surface area (Å²) in [4.78, 5) is 2.23. The number of unbranched alkanes of at least 4 members (excludes halogenated alkanes) is 1. The highest BCUT2D eigenvalue weighted by molar-refractivity contribution is 4.44. The molecule has 0 rings (SSSR count). The second-order valence-corrected chi connectivity index (χ2v) is 3.47. The predicted molar refractivity (Wildman–Crippen MR) is 59.7 cm³/mol. The first-order valence-corrected chi connectivity index (χ1v) is 5.65. The van der Waals surface area contributed by atoms with Crippen LogP contribution in [0, 0.1) is 0 Å². The molecule has 0 atom stereocenters. The molecule has 0 bridgehead atoms. The van der Waals surface area contributed by atoms with Crippen LogP contribution < -0.4 is 0 Å². The van der Waals surface area contributed by atoms with Crippen LogP contribution in [0.4, 0.5) is 0 Å². The van der Waals surface area contributed by atoms with E-state index in [9.17, 15) is 0 Å². The van der Waals surface area contributed by atoms with Gasteiger partial charge >= 0.3 is 0 Å². The van der Waals surface area contributed by atoms with Crippen LogP contribution in [0.2, 0.25) is 0 Å². The van der Waals surface area contributed by atoms with Gasteiger partial charge in [-0.1, -0.05) is 20.3 Å². The number of ether oxygens (including phenoxy) is 2. The number of hydrogen-bond donors (Lipinski definition) is 0. The van der Waals surface area contributed by atoms with Crippen molar-refractivity contribution in [1.82, 2.24) is 4.90 Å². The van der Waals surface area contributed by atoms with Crippen LogP contribution in [0.5, 0.6) is 0 Å². The molecule has 0 aromatic rings. The van der Waals surface area contributed by atoms with Crippen LogP contribution in [-0.2, 0) is 9.47 Å². The average molecular weight is 203 g/mol. The van der Waals surface area contributed by atoms with E-state index in [1.165, 1.54) is 6.42 Å². The lowest BCUT2D eigenvalue weighted by Gasteiger charge is -2.13. The lowest BCUT2D eigenvalue weighted by Crippen LogP contribution is -2.23. The van der Waals surface area contributed by atoms with E-state index in [1.807, 2.05) is 0 Å². The number of nitrogens with zero attached hydrogens (tertiary/aromatic N) is 1. The van der Waals surface area contributed by atoms with Gasteiger partial charge in [0.2, 0.25) is 0 Å². The van der Waals surface area contributed by atoms with Crippen molar-refractivity contribution in [2.75, 3.05) is 46.6 Å². The lowest BCUT2D eigenvalue weighted by atomic mass is 10.4. The third kappa shape index (κ3) is 9.96. The van der Waals surface area contributed by atoms with Gasteiger partial charge < -0.3 is 14.4 Å². The van der Waals surface area contributed by atoms with Gasteiger partial charge in [0.1, 0.15) is 0 Å². The summed E-state index contributed by atoms with van der Waals surface area (Å²) in [5.41, 5.74) is 0. The van der Waals surface area contributed by atoms with Crippen molar-refractivity contribution in [2.24, 2.45) is 0 Å². The van der Waals surface area contributed by atoms with Gasteiger partial charge in [0.25, 0.3) is 0 Å². The van der Waals surface area contributed by atoms with E-state index >= 15 is 0 Å². The Kier molecular flexibility index (Phi) is 10.9. The summed E-state index contributed by atoms with van der Waals surface area (Å²) < 4.78 is 10.8. The standard InChI is InChI=1S/C11H25NO2/c1-4-6-8-13-10-11-14-9-7-12(3)5-2/h4-11H2,1-3H3. The normalized spacial score (nSPS) is 11.1. The molecule has 0 aliphatic carbocycles. The molecule has 0 aromatic carbocycles. The third-order valence-electron chi connectivity index (χ3n) is 2.17. The van der Waals surface area contributed by atoms with Crippen molar-refractivity contribution in [3.05, 3.63) is 0 Å². The molecule has 0 spiro atoms. The molecule has 14 heavy (non-hydrogen) atoms. The molecular formula is C11H25NO2. The predicted octanol–water partition coefficient (Wildman–Crippen LogP) is 1.77. The van der Waals surface area contributed by atoms with Crippen molar-refractivity contribution >= 4 is 0 Å². The van der Waals surface area contributed by atoms with Crippen LogP contribution in [-0.4, -0.2) is 51.5 Å². The minimum absolute atomic E-state index is 0.723. The fourth-order valence-electron chi connectivity index (χ4n) is 0.947. The number of likely N-dealkylation sites (N-methyl/N-ethyl adjacent to an activating group) is 1. The van der Waals surface area contributed by atoms with Crippen molar-refractivity contribution in [2.45, 2.75) is 26.7 Å². The van der Waals surface area contributed by atoms with E-state index in [4.69, 9.17) is 9.47 Å². The molecule has 0 aliphatic rings. The second kappa shape index (κ2) is 11.0. The summed E-state index contributed by atoms with van der Waals surface area (Å²) in [6.07, 6.45) is 2.35. The Morgan fingerprint density at radius 3 is 2.14 bits per heavy atom. The Bertz CT molecular complexity index is 109. The zero-order chi connectivity index (χ0) is 10.6. The third-order valence-corrected chi connectivity index (χ3v) is 2.17. The van der Waals surface area contributed by atoms with Crippen molar-refractivity contribution in [1.29, 1.82) is 0 Å². The van der Waals surface area contributed by atoms with Gasteiger partial charge in [-0.05, 0) is 20.0 Å². The van der Waals surface area contributed by atoms with Gasteiger partial charge in [-0.2, -0.15) is 0 Å². The second-order valence-electron chi connectivity index (χ2n) is 3.47. The minimum atomic E-state index is 0.723. The van der Waals surface area contributed by atoms with Crippen LogP contribution >= 0.6 is 0 Å². The summed E-state index contributed by atoms with van der Waals surface area (Å²) in [6, 6.07) is 0. The zero-order valence-corrected chi connectivity index (χ0v) is 9.92. The van der Waals surface area contributed by atoms with Crippen LogP contribution in [0.25, 0.3) is 0 Å². The maximum absolute atomic E-state index is 5.42. The van der Waals surface area contributed by atoms with E-state index < -0.39 is 0 Å². The molecule has 86 valence electrons. The highest BCUT2D eigenvalue weighted by Crippen LogP contribution is 1.88. The van der Waals surface area contributed by atoms with Crippen LogP contribution in [0.15, 0.2) is 0 Å². The quantitative estimate of drug-likeness (QED) is 0.505. The first kappa shape index (κ1) is 13.9. The molecule has 0 aliphatic heterocycles. The Balaban J connectivity index is 2.92. The van der Waals surface area contributed by atoms with Crippen molar-refractivity contribution < 1.29 is 9.47 Å². The summed E-state index contributed by atoms with van der Waals surface area (Å²) in [5, 5.41) is 0. The average Bonchev–Trinajstić information content (AvgIpc) is 2.21. The smallest absolute Gasteiger partial charge is 0.0701 e. The monoisotopic (exact) mass is 203 g/mol. The molecule has 0 fully saturated rings. The van der Waals surface area contributed by atoms with Gasteiger partial charge in [-0.3, -0.25) is 0 Å². The molecule has 0 aromatic heterocycles. The number of hydrogen-bond acceptors (Lipinski definition) is 3. The highest BCUT2D eigenvalue weighted by atomic mass is 16.5. The first-order valence-electron chi connectivity index (χ1n) is 5.65. The Hall–Kier alpha value is -0.120. The summed E-state index contributed by atoms with van der Waals surface area (Å²) >= 11 is 0. The molecule has 0 amide bonds. The Morgan fingerprint density at radius 2 is 1.57 bits per heavy atom. The van der Waals surface area contributed by atoms with E-state index in [0.717, 1.165) is 45.9 Å². The zero-order valence-electron chi connectivity index (χ0n) is 9.92. The Labute approximate surface area is 88.4 Å². The van der Waals surface area contributed by atoms with Crippen LogP contribution in [0.1, 0.15) is 26.7 Å². The van der Waals surface area contributed by atoms with Crippen LogP contribution in [0.3, 0.4) is 0 Å². The molecule has 0 unspecified atom stereocenters. The topological polar surface area (TPSA) is 21.7 Å². The first-order chi connectivity index (χ1) is 6.81. The van der Waals surface area contributed by atoms with Gasteiger partial charge in [-0.25, -0.2) is 0 Å². The Morgan fingerprint density at radius 1 is 0.929 bits per heavy atom. The highest BCUT2D eigenvalue weighted by Gasteiger charge is 1.94. The molecule has 0 radical (unpaired) electrons. The molecule has 0 N–H and O–H groups in total. The minimum Gasteiger partial charge on any atom is -0.379 e. The summed E-state index contributed by atoms with van der Waals surface area (Å²) in [6.45, 7) is 9.53. The van der Waals surface area contributed by atoms with E-state index in [1.54, 1.807) is 0 Å². The maximum atomic E-state index is 5.42. The summed E-state index contributed by atoms with van der Waals surface area (Å²) in [5.74, 6) is 0. The molecule has 0 saturated carbocycles. The molecule has 0 heterocycles. The van der Waals surface area contributed by atoms with Gasteiger partial charge in [0.15, 0.2) is 0 Å². The van der Waals surface area contributed by atoms with E-state index in [-0.39, 0.29) is 0 Å². The summed E-state index contributed by atoms with van der Waals surface area (Å²) in [7, 11) is 2.10. The van der Waals surface area contributed by atoms with E-state index in [2.05, 4.69) is 25.8 Å².